The van der Waals surface area contributed by atoms with Gasteiger partial charge in [-0.1, -0.05) is 13.8 Å². The molecule has 0 saturated carbocycles. The Labute approximate surface area is 65.9 Å². The lowest BCUT2D eigenvalue weighted by Gasteiger charge is -2.02. The number of rotatable bonds is 1. The number of nitrogens with two attached hydrogens (primary N) is 1. The summed E-state index contributed by atoms with van der Waals surface area (Å²) in [6, 6.07) is 0. The van der Waals surface area contributed by atoms with E-state index < -0.39 is 0 Å². The molecule has 1 aromatic heterocycles. The summed E-state index contributed by atoms with van der Waals surface area (Å²) in [5.74, 6) is 0.543. The van der Waals surface area contributed by atoms with Crippen molar-refractivity contribution in [2.75, 3.05) is 5.73 Å². The normalized spacial score (nSPS) is 10.8. The van der Waals surface area contributed by atoms with Crippen molar-refractivity contribution in [1.82, 2.24) is 0 Å². The minimum Gasteiger partial charge on any atom is -0.390 e. The quantitative estimate of drug-likeness (QED) is 0.661. The van der Waals surface area contributed by atoms with Crippen LogP contribution in [0.2, 0.25) is 0 Å². The van der Waals surface area contributed by atoms with E-state index in [-0.39, 0.29) is 0 Å². The second-order valence-corrected chi connectivity index (χ2v) is 3.60. The number of thiophene rings is 1. The van der Waals surface area contributed by atoms with Gasteiger partial charge >= 0.3 is 0 Å². The summed E-state index contributed by atoms with van der Waals surface area (Å²) in [5, 5.41) is 2.94. The summed E-state index contributed by atoms with van der Waals surface area (Å²) in [6.07, 6.45) is 0. The summed E-state index contributed by atoms with van der Waals surface area (Å²) in [7, 11) is 0. The average Bonchev–Trinajstić information content (AvgIpc) is 2.14. The van der Waals surface area contributed by atoms with E-state index in [0.29, 0.717) is 5.92 Å². The third kappa shape index (κ3) is 1.16. The number of hydrogen-bond donors (Lipinski definition) is 1. The van der Waals surface area contributed by atoms with Crippen LogP contribution in [0.3, 0.4) is 0 Å². The molecule has 0 atom stereocenters. The van der Waals surface area contributed by atoms with Crippen molar-refractivity contribution in [3.05, 3.63) is 23.4 Å². The third-order valence-corrected chi connectivity index (χ3v) is 2.45. The van der Waals surface area contributed by atoms with Gasteiger partial charge in [-0.3, -0.25) is 0 Å². The molecule has 1 heterocycles. The molecule has 0 aliphatic rings. The fourth-order valence-corrected chi connectivity index (χ4v) is 1.82. The van der Waals surface area contributed by atoms with Gasteiger partial charge in [-0.2, -0.15) is 0 Å². The predicted molar refractivity (Wildman–Crippen MR) is 47.3 cm³/mol. The van der Waals surface area contributed by atoms with Crippen LogP contribution in [0.4, 0.5) is 5.00 Å². The molecule has 1 radical (unpaired) electrons. The van der Waals surface area contributed by atoms with E-state index >= 15 is 0 Å². The molecule has 0 amide bonds. The molecule has 1 aromatic rings. The largest absolute Gasteiger partial charge is 0.390 e. The smallest absolute Gasteiger partial charge is 0.0891 e. The molecular formula is C8H12NS. The van der Waals surface area contributed by atoms with Gasteiger partial charge < -0.3 is 5.73 Å². The van der Waals surface area contributed by atoms with E-state index in [1.54, 1.807) is 11.3 Å². The van der Waals surface area contributed by atoms with Crippen LogP contribution in [-0.4, -0.2) is 0 Å². The molecule has 0 aromatic carbocycles. The van der Waals surface area contributed by atoms with Crippen LogP contribution in [0.1, 0.15) is 30.9 Å². The zero-order valence-corrected chi connectivity index (χ0v) is 7.16. The topological polar surface area (TPSA) is 26.0 Å². The number of nitrogen functional groups attached to an aromatic ring is 1. The van der Waals surface area contributed by atoms with Crippen molar-refractivity contribution >= 4 is 16.3 Å². The van der Waals surface area contributed by atoms with Gasteiger partial charge in [0, 0.05) is 0 Å². The maximum Gasteiger partial charge on any atom is 0.0891 e. The first-order chi connectivity index (χ1) is 4.63. The van der Waals surface area contributed by atoms with E-state index in [0.717, 1.165) is 10.6 Å². The van der Waals surface area contributed by atoms with E-state index in [2.05, 4.69) is 26.2 Å². The molecule has 0 aliphatic carbocycles. The van der Waals surface area contributed by atoms with Crippen molar-refractivity contribution in [3.63, 3.8) is 0 Å². The fraction of sp³-hybridized carbons (Fsp3) is 0.375. The lowest BCUT2D eigenvalue weighted by molar-refractivity contribution is 0.868. The standard InChI is InChI=1S/C8H12NS/c1-5(2)7-4-10-8(9)6(7)3/h4-5H,3,9H2,1-2H3. The Morgan fingerprint density at radius 1 is 1.60 bits per heavy atom. The van der Waals surface area contributed by atoms with Crippen molar-refractivity contribution in [2.24, 2.45) is 0 Å². The highest BCUT2D eigenvalue weighted by atomic mass is 32.1. The second kappa shape index (κ2) is 2.62. The molecule has 2 N–H and O–H groups in total. The first kappa shape index (κ1) is 7.61. The Kier molecular flexibility index (Phi) is 2.00. The monoisotopic (exact) mass is 154 g/mol. The van der Waals surface area contributed by atoms with Gasteiger partial charge in [0.05, 0.1) is 5.00 Å². The maximum atomic E-state index is 5.63. The van der Waals surface area contributed by atoms with Gasteiger partial charge in [-0.05, 0) is 29.3 Å². The lowest BCUT2D eigenvalue weighted by Crippen LogP contribution is -1.89. The first-order valence-corrected chi connectivity index (χ1v) is 4.19. The van der Waals surface area contributed by atoms with E-state index in [9.17, 15) is 0 Å². The summed E-state index contributed by atoms with van der Waals surface area (Å²) in [4.78, 5) is 0. The molecule has 1 rings (SSSR count). The van der Waals surface area contributed by atoms with Crippen molar-refractivity contribution in [3.8, 4) is 0 Å². The number of hydrogen-bond acceptors (Lipinski definition) is 2. The molecule has 2 heteroatoms. The lowest BCUT2D eigenvalue weighted by atomic mass is 10.0. The van der Waals surface area contributed by atoms with Crippen LogP contribution in [0.25, 0.3) is 0 Å². The minimum atomic E-state index is 0.543. The third-order valence-electron chi connectivity index (χ3n) is 1.58. The molecule has 0 aliphatic heterocycles. The van der Waals surface area contributed by atoms with Gasteiger partial charge in [-0.15, -0.1) is 11.3 Å². The Morgan fingerprint density at radius 3 is 2.40 bits per heavy atom. The first-order valence-electron chi connectivity index (χ1n) is 3.31. The molecule has 0 saturated heterocycles. The summed E-state index contributed by atoms with van der Waals surface area (Å²) in [5.41, 5.74) is 7.93. The van der Waals surface area contributed by atoms with E-state index in [1.165, 1.54) is 5.56 Å². The number of anilines is 1. The summed E-state index contributed by atoms with van der Waals surface area (Å²) in [6.45, 7) is 8.18. The van der Waals surface area contributed by atoms with E-state index in [1.807, 2.05) is 0 Å². The highest BCUT2D eigenvalue weighted by molar-refractivity contribution is 7.14. The Balaban J connectivity index is 3.05. The van der Waals surface area contributed by atoms with Gasteiger partial charge in [0.2, 0.25) is 0 Å². The van der Waals surface area contributed by atoms with Crippen molar-refractivity contribution in [2.45, 2.75) is 19.8 Å². The molecule has 1 nitrogen and oxygen atoms in total. The van der Waals surface area contributed by atoms with Gasteiger partial charge in [0.1, 0.15) is 0 Å². The fourth-order valence-electron chi connectivity index (χ4n) is 0.896. The van der Waals surface area contributed by atoms with Gasteiger partial charge in [0.25, 0.3) is 0 Å². The highest BCUT2D eigenvalue weighted by Crippen LogP contribution is 2.29. The second-order valence-electron chi connectivity index (χ2n) is 2.69. The Hall–Kier alpha value is -0.500. The van der Waals surface area contributed by atoms with Crippen molar-refractivity contribution < 1.29 is 0 Å². The summed E-state index contributed by atoms with van der Waals surface area (Å²) >= 11 is 1.57. The van der Waals surface area contributed by atoms with Crippen LogP contribution in [0, 0.1) is 6.92 Å². The molecule has 0 bridgehead atoms. The molecule has 0 fully saturated rings. The van der Waals surface area contributed by atoms with Crippen LogP contribution in [0.5, 0.6) is 0 Å². The molecular weight excluding hydrogens is 142 g/mol. The van der Waals surface area contributed by atoms with Crippen LogP contribution in [0.15, 0.2) is 5.38 Å². The average molecular weight is 154 g/mol. The molecule has 10 heavy (non-hydrogen) atoms. The van der Waals surface area contributed by atoms with Crippen LogP contribution >= 0.6 is 11.3 Å². The zero-order valence-electron chi connectivity index (χ0n) is 6.35. The minimum absolute atomic E-state index is 0.543. The Bertz CT molecular complexity index is 225. The van der Waals surface area contributed by atoms with Gasteiger partial charge in [-0.25, -0.2) is 0 Å². The maximum absolute atomic E-state index is 5.63. The Morgan fingerprint density at radius 2 is 2.20 bits per heavy atom. The molecule has 0 spiro atoms. The highest BCUT2D eigenvalue weighted by Gasteiger charge is 2.06. The SMILES string of the molecule is [CH2]c1c(C(C)C)csc1N. The van der Waals surface area contributed by atoms with Crippen LogP contribution in [-0.2, 0) is 0 Å². The molecule has 0 unspecified atom stereocenters. The van der Waals surface area contributed by atoms with Gasteiger partial charge in [0.15, 0.2) is 0 Å². The van der Waals surface area contributed by atoms with Crippen molar-refractivity contribution in [1.29, 1.82) is 0 Å². The summed E-state index contributed by atoms with van der Waals surface area (Å²) < 4.78 is 0. The predicted octanol–water partition coefficient (Wildman–Crippen LogP) is 2.64. The van der Waals surface area contributed by atoms with Crippen LogP contribution < -0.4 is 5.73 Å². The molecule has 55 valence electrons. The van der Waals surface area contributed by atoms with E-state index in [4.69, 9.17) is 5.73 Å². The zero-order chi connectivity index (χ0) is 7.72.